The molecule has 0 bridgehead atoms. The van der Waals surface area contributed by atoms with Gasteiger partial charge in [-0.15, -0.1) is 0 Å². The Labute approximate surface area is 439 Å². The molecule has 4 unspecified atom stereocenters. The first-order valence-corrected chi connectivity index (χ1v) is 27.8. The summed E-state index contributed by atoms with van der Waals surface area (Å²) in [4.78, 5) is 90.3. The second kappa shape index (κ2) is 27.7. The molecule has 6 N–H and O–H groups in total. The lowest BCUT2D eigenvalue weighted by atomic mass is 9.87. The zero-order valence-electron chi connectivity index (χ0n) is 45.0. The van der Waals surface area contributed by atoms with Crippen LogP contribution < -0.4 is 31.9 Å². The average Bonchev–Trinajstić information content (AvgIpc) is 4.07. The summed E-state index contributed by atoms with van der Waals surface area (Å²) in [6, 6.07) is 12.4. The van der Waals surface area contributed by atoms with E-state index < -0.39 is 36.3 Å². The van der Waals surface area contributed by atoms with Crippen LogP contribution in [-0.4, -0.2) is 183 Å². The second-order valence-corrected chi connectivity index (χ2v) is 21.1. The van der Waals surface area contributed by atoms with Gasteiger partial charge in [-0.05, 0) is 114 Å². The second-order valence-electron chi connectivity index (χ2n) is 21.1. The van der Waals surface area contributed by atoms with Crippen molar-refractivity contribution in [1.29, 1.82) is 0 Å². The summed E-state index contributed by atoms with van der Waals surface area (Å²) in [6.45, 7) is 14.3. The quantitative estimate of drug-likeness (QED) is 0.0841. The van der Waals surface area contributed by atoms with Gasteiger partial charge >= 0.3 is 0 Å². The van der Waals surface area contributed by atoms with Gasteiger partial charge in [0.05, 0.1) is 36.4 Å². The van der Waals surface area contributed by atoms with Crippen LogP contribution in [0.3, 0.4) is 0 Å². The molecule has 3 heterocycles. The number of aryl methyl sites for hydroxylation is 2. The molecule has 0 radical (unpaired) electrons. The van der Waals surface area contributed by atoms with Crippen LogP contribution in [0.25, 0.3) is 0 Å². The Kier molecular flexibility index (Phi) is 21.2. The van der Waals surface area contributed by atoms with Crippen LogP contribution in [0.5, 0.6) is 0 Å². The van der Waals surface area contributed by atoms with Gasteiger partial charge in [-0.2, -0.15) is 0 Å². The van der Waals surface area contributed by atoms with E-state index >= 15 is 0 Å². The summed E-state index contributed by atoms with van der Waals surface area (Å²) >= 11 is 0. The van der Waals surface area contributed by atoms with Gasteiger partial charge in [0.1, 0.15) is 24.2 Å². The van der Waals surface area contributed by atoms with E-state index in [1.807, 2.05) is 38.1 Å². The van der Waals surface area contributed by atoms with E-state index in [2.05, 4.69) is 66.0 Å². The van der Waals surface area contributed by atoms with Gasteiger partial charge in [-0.1, -0.05) is 62.4 Å². The fraction of sp³-hybridized carbons (Fsp3) is 0.679. The Hall–Kier alpha value is -4.98. The lowest BCUT2D eigenvalue weighted by Crippen LogP contribution is -2.55. The Bertz CT molecular complexity index is 2060. The van der Waals surface area contributed by atoms with Gasteiger partial charge in [0.15, 0.2) is 0 Å². The first-order valence-electron chi connectivity index (χ1n) is 27.8. The standard InChI is InChI=1S/C56H86N10O8/c1-7-45(59-51(67)37(3)57-5)55(71)65-35-41(33-49(65)53(69)61-47-23-13-19-39-17-9-11-21-43(39)47)73-31-15-25-63-27-29-64(30-28-63)26-16-32-74-42-34-50(54(70)62-48-24-14-20-40-18-10-12-22-44(40)48)66(36-42)56(72)46(8-2)60-52(68)38(4)58-6/h9-12,17-18,21-22,37-38,41-42,45-50,57-58H,7-8,13-16,19-20,23-36H2,1-6H3,(H,59,67)(H,60,68)(H,61,69)(H,62,70)/t37?,38?,41-,42-,45?,46?,47+,48+,49-,50-/m0/s1. The van der Waals surface area contributed by atoms with Crippen LogP contribution in [0.1, 0.15) is 126 Å². The lowest BCUT2D eigenvalue weighted by Gasteiger charge is -2.34. The molecule has 3 fully saturated rings. The minimum absolute atomic E-state index is 0.118. The number of amides is 6. The summed E-state index contributed by atoms with van der Waals surface area (Å²) in [5.74, 6) is -1.42. The Balaban J connectivity index is 0.854. The predicted octanol–water partition coefficient (Wildman–Crippen LogP) is 2.75. The maximum Gasteiger partial charge on any atom is 0.245 e. The number of likely N-dealkylation sites (tertiary alicyclic amines) is 2. The highest BCUT2D eigenvalue weighted by molar-refractivity contribution is 5.94. The topological polar surface area (TPSA) is 206 Å². The molecule has 0 saturated carbocycles. The maximum atomic E-state index is 14.1. The van der Waals surface area contributed by atoms with Crippen molar-refractivity contribution in [3.8, 4) is 0 Å². The summed E-state index contributed by atoms with van der Waals surface area (Å²) in [6.07, 6.45) is 8.21. The molecule has 74 heavy (non-hydrogen) atoms. The summed E-state index contributed by atoms with van der Waals surface area (Å²) in [5.41, 5.74) is 4.77. The Morgan fingerprint density at radius 1 is 0.595 bits per heavy atom. The highest BCUT2D eigenvalue weighted by atomic mass is 16.5. The Morgan fingerprint density at radius 3 is 1.36 bits per heavy atom. The number of likely N-dealkylation sites (N-methyl/N-ethyl adjacent to an activating group) is 2. The first kappa shape index (κ1) is 56.7. The number of fused-ring (bicyclic) bond motifs is 2. The molecule has 2 aromatic rings. The van der Waals surface area contributed by atoms with Gasteiger partial charge in [0.25, 0.3) is 0 Å². The molecule has 7 rings (SSSR count). The van der Waals surface area contributed by atoms with Crippen molar-refractivity contribution in [3.05, 3.63) is 70.8 Å². The number of nitrogens with zero attached hydrogens (tertiary/aromatic N) is 4. The number of piperazine rings is 1. The van der Waals surface area contributed by atoms with Crippen LogP contribution in [-0.2, 0) is 51.1 Å². The van der Waals surface area contributed by atoms with Crippen molar-refractivity contribution in [2.24, 2.45) is 0 Å². The van der Waals surface area contributed by atoms with Crippen LogP contribution in [0.4, 0.5) is 0 Å². The lowest BCUT2D eigenvalue weighted by molar-refractivity contribution is -0.142. The third-order valence-corrected chi connectivity index (χ3v) is 16.2. The molecule has 3 aliphatic heterocycles. The number of benzene rings is 2. The highest BCUT2D eigenvalue weighted by Gasteiger charge is 2.45. The fourth-order valence-electron chi connectivity index (χ4n) is 11.4. The van der Waals surface area contributed by atoms with E-state index in [-0.39, 0.29) is 72.8 Å². The molecule has 2 aliphatic carbocycles. The number of carbonyl (C=O) groups excluding carboxylic acids is 6. The Morgan fingerprint density at radius 2 is 0.986 bits per heavy atom. The molecule has 3 saturated heterocycles. The van der Waals surface area contributed by atoms with Gasteiger partial charge in [0.2, 0.25) is 35.4 Å². The maximum absolute atomic E-state index is 14.1. The van der Waals surface area contributed by atoms with Gasteiger partial charge in [-0.25, -0.2) is 0 Å². The van der Waals surface area contributed by atoms with Crippen molar-refractivity contribution in [3.63, 3.8) is 0 Å². The van der Waals surface area contributed by atoms with E-state index in [9.17, 15) is 28.8 Å². The van der Waals surface area contributed by atoms with Crippen LogP contribution in [0, 0.1) is 0 Å². The largest absolute Gasteiger partial charge is 0.376 e. The SMILES string of the molecule is CCC(NC(=O)C(C)NC)C(=O)N1C[C@@H](OCCCN2CCN(CCCO[C@H]3C[C@@H](C(=O)N[C@@H]4CCCc5ccccc54)N(C(=O)C(CC)NC(=O)C(C)NC)C3)CC2)C[C@H]1C(=O)N[C@@H]1CCCc2ccccc21. The van der Waals surface area contributed by atoms with Crippen molar-refractivity contribution in [2.75, 3.05) is 79.7 Å². The summed E-state index contributed by atoms with van der Waals surface area (Å²) < 4.78 is 12.9. The zero-order chi connectivity index (χ0) is 52.7. The van der Waals surface area contributed by atoms with Gasteiger partial charge in [-0.3, -0.25) is 28.8 Å². The molecular weight excluding hydrogens is 941 g/mol. The van der Waals surface area contributed by atoms with Crippen molar-refractivity contribution in [1.82, 2.24) is 51.5 Å². The van der Waals surface area contributed by atoms with Gasteiger partial charge < -0.3 is 61.0 Å². The fourth-order valence-corrected chi connectivity index (χ4v) is 11.4. The molecule has 2 aromatic carbocycles. The molecule has 408 valence electrons. The first-order chi connectivity index (χ1) is 35.8. The van der Waals surface area contributed by atoms with E-state index in [4.69, 9.17) is 9.47 Å². The van der Waals surface area contributed by atoms with E-state index in [1.54, 1.807) is 37.7 Å². The number of hydrogen-bond donors (Lipinski definition) is 6. The van der Waals surface area contributed by atoms with Crippen LogP contribution >= 0.6 is 0 Å². The van der Waals surface area contributed by atoms with E-state index in [0.29, 0.717) is 38.9 Å². The van der Waals surface area contributed by atoms with Crippen molar-refractivity contribution in [2.45, 2.75) is 165 Å². The highest BCUT2D eigenvalue weighted by Crippen LogP contribution is 2.33. The summed E-state index contributed by atoms with van der Waals surface area (Å²) in [7, 11) is 3.40. The number of carbonyl (C=O) groups is 6. The molecule has 5 aliphatic rings. The molecule has 10 atom stereocenters. The summed E-state index contributed by atoms with van der Waals surface area (Å²) in [5, 5.41) is 18.2. The van der Waals surface area contributed by atoms with Crippen molar-refractivity contribution < 1.29 is 38.2 Å². The predicted molar refractivity (Wildman–Crippen MR) is 284 cm³/mol. The number of ether oxygens (including phenoxy) is 2. The third kappa shape index (κ3) is 14.7. The van der Waals surface area contributed by atoms with Crippen LogP contribution in [0.2, 0.25) is 0 Å². The molecule has 0 spiro atoms. The van der Waals surface area contributed by atoms with E-state index in [1.165, 1.54) is 11.1 Å². The molecule has 6 amide bonds. The van der Waals surface area contributed by atoms with Crippen molar-refractivity contribution >= 4 is 35.4 Å². The smallest absolute Gasteiger partial charge is 0.245 e. The number of rotatable bonds is 24. The minimum Gasteiger partial charge on any atom is -0.376 e. The third-order valence-electron chi connectivity index (χ3n) is 16.2. The van der Waals surface area contributed by atoms with Gasteiger partial charge in [0, 0.05) is 78.4 Å². The molecular formula is C56H86N10O8. The van der Waals surface area contributed by atoms with Crippen LogP contribution in [0.15, 0.2) is 48.5 Å². The molecule has 0 aromatic heterocycles. The molecule has 18 nitrogen and oxygen atoms in total. The average molecular weight is 1030 g/mol. The monoisotopic (exact) mass is 1030 g/mol. The molecule has 18 heteroatoms. The van der Waals surface area contributed by atoms with E-state index in [0.717, 1.165) is 102 Å². The minimum atomic E-state index is -0.754. The number of hydrogen-bond acceptors (Lipinski definition) is 12. The normalized spacial score (nSPS) is 24.7. The number of nitrogens with one attached hydrogen (secondary N) is 6. The zero-order valence-corrected chi connectivity index (χ0v) is 45.0.